The Bertz CT molecular complexity index is 704. The molecule has 24 heavy (non-hydrogen) atoms. The van der Waals surface area contributed by atoms with Crippen molar-refractivity contribution in [2.75, 3.05) is 21.3 Å². The third kappa shape index (κ3) is 3.08. The predicted octanol–water partition coefficient (Wildman–Crippen LogP) is 4.20. The van der Waals surface area contributed by atoms with Crippen LogP contribution in [0.2, 0.25) is 0 Å². The number of methoxy groups -OCH3 is 3. The van der Waals surface area contributed by atoms with E-state index >= 15 is 0 Å². The zero-order valence-electron chi connectivity index (χ0n) is 13.9. The van der Waals surface area contributed by atoms with Crippen molar-refractivity contribution in [1.29, 1.82) is 0 Å². The van der Waals surface area contributed by atoms with E-state index < -0.39 is 0 Å². The van der Waals surface area contributed by atoms with Crippen LogP contribution < -0.4 is 14.2 Å². The van der Waals surface area contributed by atoms with Gasteiger partial charge in [0.1, 0.15) is 17.2 Å². The minimum Gasteiger partial charge on any atom is -0.496 e. The van der Waals surface area contributed by atoms with Crippen molar-refractivity contribution < 1.29 is 19.0 Å². The molecule has 0 aliphatic carbocycles. The first-order valence-corrected chi connectivity index (χ1v) is 8.61. The molecule has 0 saturated carbocycles. The number of thioether (sulfide) groups is 1. The molecule has 126 valence electrons. The lowest BCUT2D eigenvalue weighted by Gasteiger charge is -2.18. The Morgan fingerprint density at radius 2 is 1.58 bits per heavy atom. The average Bonchev–Trinajstić information content (AvgIpc) is 3.02. The Morgan fingerprint density at radius 3 is 2.12 bits per heavy atom. The predicted molar refractivity (Wildman–Crippen MR) is 95.2 cm³/mol. The maximum Gasteiger partial charge on any atom is 0.197 e. The molecule has 0 amide bonds. The van der Waals surface area contributed by atoms with E-state index in [4.69, 9.17) is 14.2 Å². The largest absolute Gasteiger partial charge is 0.496 e. The summed E-state index contributed by atoms with van der Waals surface area (Å²) in [5, 5.41) is 0.297. The molecule has 3 rings (SSSR count). The van der Waals surface area contributed by atoms with Crippen LogP contribution in [0.25, 0.3) is 0 Å². The van der Waals surface area contributed by atoms with Crippen molar-refractivity contribution in [3.05, 3.63) is 53.6 Å². The van der Waals surface area contributed by atoms with Crippen LogP contribution in [-0.2, 0) is 4.79 Å². The lowest BCUT2D eigenvalue weighted by molar-refractivity contribution is -0.111. The van der Waals surface area contributed by atoms with E-state index in [0.29, 0.717) is 17.2 Å². The third-order valence-corrected chi connectivity index (χ3v) is 5.53. The van der Waals surface area contributed by atoms with E-state index in [1.54, 1.807) is 33.5 Å². The van der Waals surface area contributed by atoms with Gasteiger partial charge in [0.2, 0.25) is 0 Å². The highest BCUT2D eigenvalue weighted by molar-refractivity contribution is 8.14. The van der Waals surface area contributed by atoms with Gasteiger partial charge in [-0.2, -0.15) is 0 Å². The van der Waals surface area contributed by atoms with E-state index in [1.807, 2.05) is 18.2 Å². The van der Waals surface area contributed by atoms with E-state index in [0.717, 1.165) is 12.0 Å². The van der Waals surface area contributed by atoms with Gasteiger partial charge in [-0.3, -0.25) is 4.79 Å². The zero-order valence-corrected chi connectivity index (χ0v) is 14.8. The van der Waals surface area contributed by atoms with Gasteiger partial charge in [0.05, 0.1) is 27.2 Å². The number of carbonyl (C=O) groups is 1. The van der Waals surface area contributed by atoms with Crippen LogP contribution >= 0.6 is 11.8 Å². The fourth-order valence-corrected chi connectivity index (χ4v) is 4.30. The number of hydrogen-bond donors (Lipinski definition) is 0. The van der Waals surface area contributed by atoms with Crippen molar-refractivity contribution >= 4 is 16.9 Å². The van der Waals surface area contributed by atoms with Gasteiger partial charge >= 0.3 is 0 Å². The smallest absolute Gasteiger partial charge is 0.197 e. The van der Waals surface area contributed by atoms with Crippen LogP contribution in [0.15, 0.2) is 42.5 Å². The van der Waals surface area contributed by atoms with Gasteiger partial charge in [0.15, 0.2) is 5.12 Å². The Kier molecular flexibility index (Phi) is 5.00. The highest BCUT2D eigenvalue weighted by atomic mass is 32.2. The summed E-state index contributed by atoms with van der Waals surface area (Å²) < 4.78 is 16.3. The number of ether oxygens (including phenoxy) is 3. The van der Waals surface area contributed by atoms with Crippen LogP contribution in [0.3, 0.4) is 0 Å². The minimum atomic E-state index is -0.254. The average molecular weight is 344 g/mol. The van der Waals surface area contributed by atoms with Gasteiger partial charge in [-0.15, -0.1) is 0 Å². The summed E-state index contributed by atoms with van der Waals surface area (Å²) in [7, 11) is 4.79. The molecular formula is C19H20O4S. The Morgan fingerprint density at radius 1 is 0.958 bits per heavy atom. The fraction of sp³-hybridized carbons (Fsp3) is 0.316. The van der Waals surface area contributed by atoms with E-state index in [2.05, 4.69) is 12.1 Å². The second-order valence-corrected chi connectivity index (χ2v) is 6.78. The van der Waals surface area contributed by atoms with Gasteiger partial charge in [0, 0.05) is 22.9 Å². The molecule has 0 N–H and O–H groups in total. The highest BCUT2D eigenvalue weighted by Gasteiger charge is 2.38. The van der Waals surface area contributed by atoms with Crippen molar-refractivity contribution in [3.8, 4) is 17.2 Å². The normalized spacial score (nSPS) is 20.0. The third-order valence-electron chi connectivity index (χ3n) is 4.27. The molecule has 2 atom stereocenters. The zero-order chi connectivity index (χ0) is 17.1. The lowest BCUT2D eigenvalue weighted by Crippen LogP contribution is -2.07. The van der Waals surface area contributed by atoms with Crippen LogP contribution in [0, 0.1) is 0 Å². The second kappa shape index (κ2) is 7.18. The monoisotopic (exact) mass is 344 g/mol. The molecule has 1 saturated heterocycles. The second-order valence-electron chi connectivity index (χ2n) is 5.57. The molecule has 0 aromatic heterocycles. The first-order chi connectivity index (χ1) is 11.7. The van der Waals surface area contributed by atoms with Gasteiger partial charge < -0.3 is 14.2 Å². The molecular weight excluding hydrogens is 324 g/mol. The standard InChI is InChI=1S/C19H20O4S/c1-21-13-9-15(22-2)18(16(10-13)23-3)14-11-17(24-19(14)20)12-7-5-4-6-8-12/h4-10,14,17H,11H2,1-3H3. The van der Waals surface area contributed by atoms with Gasteiger partial charge in [0.25, 0.3) is 0 Å². The molecule has 0 spiro atoms. The maximum absolute atomic E-state index is 12.7. The summed E-state index contributed by atoms with van der Waals surface area (Å²) in [6.07, 6.45) is 0.729. The molecule has 1 heterocycles. The van der Waals surface area contributed by atoms with E-state index in [1.165, 1.54) is 17.3 Å². The number of hydrogen-bond acceptors (Lipinski definition) is 5. The molecule has 2 aromatic rings. The Hall–Kier alpha value is -2.14. The molecule has 5 heteroatoms. The molecule has 0 radical (unpaired) electrons. The quantitative estimate of drug-likeness (QED) is 0.813. The highest BCUT2D eigenvalue weighted by Crippen LogP contribution is 2.52. The van der Waals surface area contributed by atoms with Crippen molar-refractivity contribution in [2.45, 2.75) is 17.6 Å². The van der Waals surface area contributed by atoms with Crippen molar-refractivity contribution in [2.24, 2.45) is 0 Å². The summed E-state index contributed by atoms with van der Waals surface area (Å²) >= 11 is 1.39. The molecule has 2 aromatic carbocycles. The SMILES string of the molecule is COc1cc(OC)c(C2CC(c3ccccc3)SC2=O)c(OC)c1. The fourth-order valence-electron chi connectivity index (χ4n) is 3.06. The van der Waals surface area contributed by atoms with Gasteiger partial charge in [-0.1, -0.05) is 42.1 Å². The Labute approximate surface area is 146 Å². The van der Waals surface area contributed by atoms with Gasteiger partial charge in [-0.05, 0) is 12.0 Å². The van der Waals surface area contributed by atoms with Crippen LogP contribution in [-0.4, -0.2) is 26.4 Å². The summed E-state index contributed by atoms with van der Waals surface area (Å²) in [5.74, 6) is 1.64. The molecule has 1 fully saturated rings. The van der Waals surface area contributed by atoms with Gasteiger partial charge in [-0.25, -0.2) is 0 Å². The van der Waals surface area contributed by atoms with Crippen LogP contribution in [0.4, 0.5) is 0 Å². The number of rotatable bonds is 5. The number of carbonyl (C=O) groups excluding carboxylic acids is 1. The van der Waals surface area contributed by atoms with Crippen molar-refractivity contribution in [3.63, 3.8) is 0 Å². The summed E-state index contributed by atoms with van der Waals surface area (Å²) in [5.41, 5.74) is 1.97. The topological polar surface area (TPSA) is 44.8 Å². The molecule has 4 nitrogen and oxygen atoms in total. The summed E-state index contributed by atoms with van der Waals surface area (Å²) in [6.45, 7) is 0. The molecule has 0 bridgehead atoms. The summed E-state index contributed by atoms with van der Waals surface area (Å²) in [4.78, 5) is 12.7. The van der Waals surface area contributed by atoms with Crippen molar-refractivity contribution in [1.82, 2.24) is 0 Å². The lowest BCUT2D eigenvalue weighted by atomic mass is 9.92. The van der Waals surface area contributed by atoms with Crippen LogP contribution in [0.5, 0.6) is 17.2 Å². The molecule has 2 unspecified atom stereocenters. The first kappa shape index (κ1) is 16.7. The molecule has 1 aliphatic rings. The van der Waals surface area contributed by atoms with E-state index in [9.17, 15) is 4.79 Å². The first-order valence-electron chi connectivity index (χ1n) is 7.73. The minimum absolute atomic E-state index is 0.144. The molecule has 1 aliphatic heterocycles. The Balaban J connectivity index is 1.98. The number of benzene rings is 2. The van der Waals surface area contributed by atoms with E-state index in [-0.39, 0.29) is 16.3 Å². The summed E-state index contributed by atoms with van der Waals surface area (Å²) in [6, 6.07) is 13.7. The maximum atomic E-state index is 12.7. The van der Waals surface area contributed by atoms with Crippen LogP contribution in [0.1, 0.15) is 28.7 Å².